The van der Waals surface area contributed by atoms with Crippen LogP contribution in [-0.2, 0) is 15.7 Å². The third-order valence-corrected chi connectivity index (χ3v) is 4.98. The van der Waals surface area contributed by atoms with Crippen LogP contribution in [0.1, 0.15) is 27.8 Å². The maximum Gasteiger partial charge on any atom is 0.416 e. The monoisotopic (exact) mass is 456 g/mol. The van der Waals surface area contributed by atoms with Crippen molar-refractivity contribution in [1.82, 2.24) is 14.6 Å². The number of carbonyl (C=O) groups is 1. The Morgan fingerprint density at radius 3 is 2.55 bits per heavy atom. The van der Waals surface area contributed by atoms with Crippen molar-refractivity contribution in [3.63, 3.8) is 0 Å². The van der Waals surface area contributed by atoms with Crippen LogP contribution in [0.15, 0.2) is 67.0 Å². The van der Waals surface area contributed by atoms with Crippen LogP contribution in [0, 0.1) is 0 Å². The van der Waals surface area contributed by atoms with E-state index in [0.29, 0.717) is 22.5 Å². The van der Waals surface area contributed by atoms with E-state index < -0.39 is 23.9 Å². The molecule has 33 heavy (non-hydrogen) atoms. The lowest BCUT2D eigenvalue weighted by atomic mass is 10.1. The molecule has 170 valence electrons. The van der Waals surface area contributed by atoms with Crippen LogP contribution in [0.2, 0.25) is 0 Å². The van der Waals surface area contributed by atoms with Gasteiger partial charge >= 0.3 is 6.18 Å². The Morgan fingerprint density at radius 2 is 1.82 bits per heavy atom. The molecule has 0 saturated heterocycles. The number of benzene rings is 2. The Morgan fingerprint density at radius 1 is 1.06 bits per heavy atom. The van der Waals surface area contributed by atoms with Gasteiger partial charge in [-0.1, -0.05) is 18.2 Å². The highest BCUT2D eigenvalue weighted by atomic mass is 19.4. The van der Waals surface area contributed by atoms with Crippen molar-refractivity contribution in [2.75, 3.05) is 19.5 Å². The van der Waals surface area contributed by atoms with Gasteiger partial charge in [0, 0.05) is 37.2 Å². The van der Waals surface area contributed by atoms with E-state index in [1.54, 1.807) is 47.2 Å². The molecule has 2 aromatic heterocycles. The predicted molar refractivity (Wildman–Crippen MR) is 115 cm³/mol. The van der Waals surface area contributed by atoms with E-state index in [1.165, 1.54) is 26.4 Å². The molecule has 4 rings (SSSR count). The summed E-state index contributed by atoms with van der Waals surface area (Å²) >= 11 is 0. The topological polar surface area (TPSA) is 77.8 Å². The van der Waals surface area contributed by atoms with E-state index in [9.17, 15) is 18.0 Å². The van der Waals surface area contributed by atoms with Gasteiger partial charge in [-0.2, -0.15) is 18.3 Å². The maximum absolute atomic E-state index is 13.0. The Kier molecular flexibility index (Phi) is 6.12. The number of nitrogens with one attached hydrogen (secondary N) is 1. The summed E-state index contributed by atoms with van der Waals surface area (Å²) in [4.78, 5) is 17.1. The van der Waals surface area contributed by atoms with E-state index in [2.05, 4.69) is 15.4 Å². The lowest BCUT2D eigenvalue weighted by Gasteiger charge is -2.12. The van der Waals surface area contributed by atoms with Crippen LogP contribution in [-0.4, -0.2) is 34.7 Å². The number of carbonyl (C=O) groups excluding carboxylic acids is 1. The SMILES string of the molecule is COC(OC)c1cnn2c(-c3cccc(C(=O)Nc4cccc(C(F)(F)F)c4)c3)ccnc12. The molecule has 1 amide bonds. The second kappa shape index (κ2) is 9.00. The first kappa shape index (κ1) is 22.4. The fraction of sp³-hybridized carbons (Fsp3) is 0.174. The first-order valence-corrected chi connectivity index (χ1v) is 9.79. The van der Waals surface area contributed by atoms with Crippen molar-refractivity contribution in [2.24, 2.45) is 0 Å². The average Bonchev–Trinajstić information content (AvgIpc) is 3.24. The third-order valence-electron chi connectivity index (χ3n) is 4.98. The number of halogens is 3. The number of anilines is 1. The summed E-state index contributed by atoms with van der Waals surface area (Å²) in [6.07, 6.45) is -1.95. The number of amides is 1. The van der Waals surface area contributed by atoms with Crippen LogP contribution in [0.3, 0.4) is 0 Å². The molecule has 0 unspecified atom stereocenters. The molecule has 0 fully saturated rings. The van der Waals surface area contributed by atoms with Gasteiger partial charge < -0.3 is 14.8 Å². The minimum absolute atomic E-state index is 0.0495. The molecule has 7 nitrogen and oxygen atoms in total. The fourth-order valence-electron chi connectivity index (χ4n) is 3.44. The minimum Gasteiger partial charge on any atom is -0.351 e. The standard InChI is InChI=1S/C23H19F3N4O3/c1-32-22(33-2)18-13-28-30-19(9-10-27-20(18)30)14-5-3-6-15(11-14)21(31)29-17-8-4-7-16(12-17)23(24,25)26/h3-13,22H,1-2H3,(H,29,31). The van der Waals surface area contributed by atoms with E-state index >= 15 is 0 Å². The Balaban J connectivity index is 1.65. The van der Waals surface area contributed by atoms with Gasteiger partial charge in [-0.05, 0) is 36.4 Å². The van der Waals surface area contributed by atoms with Gasteiger partial charge in [0.05, 0.1) is 23.0 Å². The zero-order valence-electron chi connectivity index (χ0n) is 17.6. The molecule has 0 atom stereocenters. The molecule has 0 spiro atoms. The van der Waals surface area contributed by atoms with E-state index in [4.69, 9.17) is 9.47 Å². The smallest absolute Gasteiger partial charge is 0.351 e. The van der Waals surface area contributed by atoms with Crippen molar-refractivity contribution < 1.29 is 27.4 Å². The summed E-state index contributed by atoms with van der Waals surface area (Å²) < 4.78 is 51.0. The van der Waals surface area contributed by atoms with Crippen LogP contribution in [0.25, 0.3) is 16.9 Å². The van der Waals surface area contributed by atoms with Gasteiger partial charge in [0.2, 0.25) is 0 Å². The summed E-state index contributed by atoms with van der Waals surface area (Å²) in [6.45, 7) is 0. The number of methoxy groups -OCH3 is 2. The van der Waals surface area contributed by atoms with Crippen LogP contribution < -0.4 is 5.32 Å². The molecule has 0 radical (unpaired) electrons. The number of rotatable bonds is 6. The summed E-state index contributed by atoms with van der Waals surface area (Å²) in [6, 6.07) is 12.9. The van der Waals surface area contributed by atoms with Crippen molar-refractivity contribution in [3.05, 3.63) is 83.7 Å². The lowest BCUT2D eigenvalue weighted by Crippen LogP contribution is -2.13. The van der Waals surface area contributed by atoms with Crippen molar-refractivity contribution in [1.29, 1.82) is 0 Å². The molecule has 0 aliphatic heterocycles. The van der Waals surface area contributed by atoms with Crippen LogP contribution >= 0.6 is 0 Å². The van der Waals surface area contributed by atoms with Gasteiger partial charge in [0.25, 0.3) is 5.91 Å². The Hall–Kier alpha value is -3.76. The largest absolute Gasteiger partial charge is 0.416 e. The second-order valence-electron chi connectivity index (χ2n) is 7.08. The van der Waals surface area contributed by atoms with Gasteiger partial charge in [0.1, 0.15) is 0 Å². The number of hydrogen-bond donors (Lipinski definition) is 1. The average molecular weight is 456 g/mol. The van der Waals surface area contributed by atoms with Crippen molar-refractivity contribution >= 4 is 17.2 Å². The summed E-state index contributed by atoms with van der Waals surface area (Å²) in [7, 11) is 3.02. The van der Waals surface area contributed by atoms with E-state index in [1.807, 2.05) is 0 Å². The molecule has 1 N–H and O–H groups in total. The third kappa shape index (κ3) is 4.57. The van der Waals surface area contributed by atoms with E-state index in [0.717, 1.165) is 12.1 Å². The van der Waals surface area contributed by atoms with Gasteiger partial charge in [-0.3, -0.25) is 4.79 Å². The highest BCUT2D eigenvalue weighted by molar-refractivity contribution is 6.05. The van der Waals surface area contributed by atoms with Crippen molar-refractivity contribution in [3.8, 4) is 11.3 Å². The molecule has 0 aliphatic carbocycles. The molecular formula is C23H19F3N4O3. The number of fused-ring (bicyclic) bond motifs is 1. The molecule has 0 bridgehead atoms. The van der Waals surface area contributed by atoms with Gasteiger partial charge in [0.15, 0.2) is 11.9 Å². The Labute approximate surface area is 186 Å². The summed E-state index contributed by atoms with van der Waals surface area (Å²) in [5, 5.41) is 6.89. The number of alkyl halides is 3. The first-order valence-electron chi connectivity index (χ1n) is 9.79. The number of aromatic nitrogens is 3. The molecule has 2 heterocycles. The summed E-state index contributed by atoms with van der Waals surface area (Å²) in [5.74, 6) is -0.540. The van der Waals surface area contributed by atoms with Crippen LogP contribution in [0.4, 0.5) is 18.9 Å². The second-order valence-corrected chi connectivity index (χ2v) is 7.08. The first-order chi connectivity index (χ1) is 15.8. The predicted octanol–water partition coefficient (Wildman–Crippen LogP) is 4.96. The molecule has 2 aromatic carbocycles. The van der Waals surface area contributed by atoms with Crippen molar-refractivity contribution in [2.45, 2.75) is 12.5 Å². The number of hydrogen-bond acceptors (Lipinski definition) is 5. The van der Waals surface area contributed by atoms with Crippen LogP contribution in [0.5, 0.6) is 0 Å². The quantitative estimate of drug-likeness (QED) is 0.415. The number of ether oxygens (including phenoxy) is 2. The van der Waals surface area contributed by atoms with Gasteiger partial charge in [-0.25, -0.2) is 9.50 Å². The maximum atomic E-state index is 13.0. The molecule has 4 aromatic rings. The van der Waals surface area contributed by atoms with Gasteiger partial charge in [-0.15, -0.1) is 0 Å². The molecule has 0 saturated carbocycles. The zero-order chi connectivity index (χ0) is 23.6. The number of nitrogens with zero attached hydrogens (tertiary/aromatic N) is 3. The highest BCUT2D eigenvalue weighted by Gasteiger charge is 2.30. The minimum atomic E-state index is -4.50. The summed E-state index contributed by atoms with van der Waals surface area (Å²) in [5.41, 5.74) is 1.97. The Bertz CT molecular complexity index is 1300. The molecular weight excluding hydrogens is 437 g/mol. The van der Waals surface area contributed by atoms with E-state index in [-0.39, 0.29) is 11.3 Å². The fourth-order valence-corrected chi connectivity index (χ4v) is 3.44. The lowest BCUT2D eigenvalue weighted by molar-refractivity contribution is -0.137. The zero-order valence-corrected chi connectivity index (χ0v) is 17.6. The highest BCUT2D eigenvalue weighted by Crippen LogP contribution is 2.31. The normalized spacial score (nSPS) is 11.8. The molecule has 10 heteroatoms. The molecule has 0 aliphatic rings.